The van der Waals surface area contributed by atoms with Crippen LogP contribution >= 0.6 is 25.3 Å². The van der Waals surface area contributed by atoms with Gasteiger partial charge in [0.2, 0.25) is 17.7 Å². The summed E-state index contributed by atoms with van der Waals surface area (Å²) in [5.41, 5.74) is 16.1. The lowest BCUT2D eigenvalue weighted by molar-refractivity contribution is -0.141. The molecule has 0 heterocycles. The van der Waals surface area contributed by atoms with Crippen molar-refractivity contribution in [2.24, 2.45) is 22.2 Å². The summed E-state index contributed by atoms with van der Waals surface area (Å²) < 4.78 is 0. The maximum atomic E-state index is 12.8. The fourth-order valence-electron chi connectivity index (χ4n) is 2.40. The first kappa shape index (κ1) is 30.3. The quantitative estimate of drug-likeness (QED) is 0.0427. The van der Waals surface area contributed by atoms with Crippen molar-refractivity contribution in [2.45, 2.75) is 49.9 Å². The highest BCUT2D eigenvalue weighted by atomic mass is 32.1. The van der Waals surface area contributed by atoms with E-state index in [1.807, 2.05) is 0 Å². The zero-order chi connectivity index (χ0) is 25.6. The van der Waals surface area contributed by atoms with Gasteiger partial charge in [0.15, 0.2) is 5.96 Å². The average molecular weight is 510 g/mol. The van der Waals surface area contributed by atoms with Crippen LogP contribution < -0.4 is 33.2 Å². The highest BCUT2D eigenvalue weighted by molar-refractivity contribution is 7.80. The summed E-state index contributed by atoms with van der Waals surface area (Å²) in [7, 11) is 0. The zero-order valence-electron chi connectivity index (χ0n) is 17.8. The van der Waals surface area contributed by atoms with Crippen LogP contribution in [0.2, 0.25) is 0 Å². The second-order valence-corrected chi connectivity index (χ2v) is 7.60. The van der Waals surface area contributed by atoms with E-state index in [1.165, 1.54) is 0 Å². The van der Waals surface area contributed by atoms with Gasteiger partial charge in [0.05, 0.1) is 6.04 Å². The topological polar surface area (TPSA) is 252 Å². The number of carboxylic acids is 2. The summed E-state index contributed by atoms with van der Waals surface area (Å²) >= 11 is 7.77. The number of nitrogens with zero attached hydrogens (tertiary/aromatic N) is 1. The molecule has 0 aliphatic heterocycles. The van der Waals surface area contributed by atoms with Crippen LogP contribution in [-0.2, 0) is 24.0 Å². The molecule has 33 heavy (non-hydrogen) atoms. The molecule has 4 atom stereocenters. The lowest BCUT2D eigenvalue weighted by atomic mass is 10.1. The third-order valence-corrected chi connectivity index (χ3v) is 4.95. The van der Waals surface area contributed by atoms with E-state index in [2.05, 4.69) is 46.2 Å². The molecule has 4 unspecified atom stereocenters. The predicted molar refractivity (Wildman–Crippen MR) is 126 cm³/mol. The Hall–Kier alpha value is -2.72. The van der Waals surface area contributed by atoms with Crippen molar-refractivity contribution in [3.05, 3.63) is 0 Å². The Morgan fingerprint density at radius 3 is 1.79 bits per heavy atom. The van der Waals surface area contributed by atoms with Crippen molar-refractivity contribution >= 4 is 60.9 Å². The summed E-state index contributed by atoms with van der Waals surface area (Å²) in [6.45, 7) is 0.132. The van der Waals surface area contributed by atoms with Crippen molar-refractivity contribution in [1.29, 1.82) is 0 Å². The molecule has 16 heteroatoms. The van der Waals surface area contributed by atoms with Crippen LogP contribution in [-0.4, -0.2) is 88.1 Å². The number of nitrogens with two attached hydrogens (primary N) is 3. The Labute approximate surface area is 201 Å². The maximum absolute atomic E-state index is 12.8. The van der Waals surface area contributed by atoms with E-state index in [0.29, 0.717) is 0 Å². The summed E-state index contributed by atoms with van der Waals surface area (Å²) in [5.74, 6) is -5.31. The summed E-state index contributed by atoms with van der Waals surface area (Å²) in [6, 6.07) is -4.89. The van der Waals surface area contributed by atoms with E-state index in [-0.39, 0.29) is 43.3 Å². The van der Waals surface area contributed by atoms with Gasteiger partial charge < -0.3 is 43.4 Å². The fraction of sp³-hybridized carbons (Fsp3) is 0.647. The monoisotopic (exact) mass is 509 g/mol. The number of carboxylic acid groups (broad SMARTS) is 2. The van der Waals surface area contributed by atoms with Gasteiger partial charge in [0, 0.05) is 24.5 Å². The van der Waals surface area contributed by atoms with Gasteiger partial charge in [-0.3, -0.25) is 24.2 Å². The van der Waals surface area contributed by atoms with E-state index >= 15 is 0 Å². The van der Waals surface area contributed by atoms with Crippen molar-refractivity contribution in [3.8, 4) is 0 Å². The smallest absolute Gasteiger partial charge is 0.327 e. The van der Waals surface area contributed by atoms with Crippen molar-refractivity contribution in [2.75, 3.05) is 18.1 Å². The minimum Gasteiger partial charge on any atom is -0.481 e. The van der Waals surface area contributed by atoms with E-state index < -0.39 is 60.2 Å². The minimum atomic E-state index is -1.32. The zero-order valence-corrected chi connectivity index (χ0v) is 19.6. The minimum absolute atomic E-state index is 0.0169. The molecular formula is C17H31N7O7S2. The van der Waals surface area contributed by atoms with Gasteiger partial charge in [-0.25, -0.2) is 4.79 Å². The van der Waals surface area contributed by atoms with Crippen LogP contribution in [0.5, 0.6) is 0 Å². The van der Waals surface area contributed by atoms with Crippen LogP contribution in [0.4, 0.5) is 0 Å². The van der Waals surface area contributed by atoms with Crippen LogP contribution in [0.1, 0.15) is 25.7 Å². The molecule has 3 amide bonds. The molecular weight excluding hydrogens is 478 g/mol. The molecule has 0 rings (SSSR count). The van der Waals surface area contributed by atoms with Crippen molar-refractivity contribution < 1.29 is 34.2 Å². The third kappa shape index (κ3) is 12.8. The van der Waals surface area contributed by atoms with E-state index in [1.54, 1.807) is 0 Å². The number of aliphatic imine (C=N–C) groups is 1. The molecule has 11 N–H and O–H groups in total. The molecule has 0 radical (unpaired) electrons. The predicted octanol–water partition coefficient (Wildman–Crippen LogP) is -3.37. The molecule has 0 aromatic heterocycles. The number of carbonyl (C=O) groups is 5. The molecule has 0 fully saturated rings. The van der Waals surface area contributed by atoms with Gasteiger partial charge in [-0.05, 0) is 19.3 Å². The van der Waals surface area contributed by atoms with Gasteiger partial charge in [-0.2, -0.15) is 25.3 Å². The summed E-state index contributed by atoms with van der Waals surface area (Å²) in [6.07, 6.45) is -0.464. The third-order valence-electron chi connectivity index (χ3n) is 4.19. The molecule has 14 nitrogen and oxygen atoms in total. The van der Waals surface area contributed by atoms with Crippen LogP contribution in [0.15, 0.2) is 4.99 Å². The highest BCUT2D eigenvalue weighted by Gasteiger charge is 2.30. The molecule has 0 saturated carbocycles. The largest absolute Gasteiger partial charge is 0.481 e. The number of thiol groups is 2. The van der Waals surface area contributed by atoms with Crippen molar-refractivity contribution in [1.82, 2.24) is 16.0 Å². The van der Waals surface area contributed by atoms with E-state index in [4.69, 9.17) is 27.4 Å². The lowest BCUT2D eigenvalue weighted by Crippen LogP contribution is -2.57. The van der Waals surface area contributed by atoms with Gasteiger partial charge in [-0.1, -0.05) is 0 Å². The van der Waals surface area contributed by atoms with Crippen LogP contribution in [0.3, 0.4) is 0 Å². The Kier molecular flexibility index (Phi) is 14.7. The van der Waals surface area contributed by atoms with Gasteiger partial charge in [0.25, 0.3) is 0 Å². The summed E-state index contributed by atoms with van der Waals surface area (Å²) in [4.78, 5) is 63.4. The second-order valence-electron chi connectivity index (χ2n) is 6.87. The van der Waals surface area contributed by atoms with Gasteiger partial charge >= 0.3 is 11.9 Å². The number of carbonyl (C=O) groups excluding carboxylic acids is 3. The SMILES string of the molecule is NC(N)=NCCCC(NC(=O)C(CCC(=O)O)NC(=O)C(N)CS)C(=O)NC(CS)C(=O)O. The first-order valence-corrected chi connectivity index (χ1v) is 11.1. The number of guanidine groups is 1. The fourth-order valence-corrected chi connectivity index (χ4v) is 2.81. The molecule has 0 bridgehead atoms. The van der Waals surface area contributed by atoms with Crippen molar-refractivity contribution in [3.63, 3.8) is 0 Å². The normalized spacial score (nSPS) is 14.2. The molecule has 188 valence electrons. The number of hydrogen-bond acceptors (Lipinski definition) is 9. The second kappa shape index (κ2) is 16.0. The van der Waals surface area contributed by atoms with Gasteiger partial charge in [0.1, 0.15) is 18.1 Å². The molecule has 0 aliphatic carbocycles. The highest BCUT2D eigenvalue weighted by Crippen LogP contribution is 2.05. The molecule has 0 spiro atoms. The number of hydrogen-bond donors (Lipinski definition) is 10. The number of rotatable bonds is 16. The standard InChI is InChI=1S/C17H31N7O7S2/c18-8(6-32)13(27)22-10(3-4-12(25)26)15(29)23-9(2-1-5-21-17(19)20)14(28)24-11(7-33)16(30)31/h8-11,32-33H,1-7,18H2,(H,22,27)(H,23,29)(H,24,28)(H,25,26)(H,30,31)(H4,19,20,21). The Balaban J connectivity index is 5.52. The number of nitrogens with one attached hydrogen (secondary N) is 3. The van der Waals surface area contributed by atoms with Crippen LogP contribution in [0, 0.1) is 0 Å². The van der Waals surface area contributed by atoms with E-state index in [9.17, 15) is 24.0 Å². The first-order chi connectivity index (χ1) is 15.4. The molecule has 0 aliphatic rings. The average Bonchev–Trinajstić information content (AvgIpc) is 2.75. The maximum Gasteiger partial charge on any atom is 0.327 e. The Morgan fingerprint density at radius 1 is 0.818 bits per heavy atom. The first-order valence-electron chi connectivity index (χ1n) is 9.81. The lowest BCUT2D eigenvalue weighted by Gasteiger charge is -2.24. The van der Waals surface area contributed by atoms with Gasteiger partial charge in [-0.15, -0.1) is 0 Å². The Morgan fingerprint density at radius 2 is 1.33 bits per heavy atom. The number of aliphatic carboxylic acids is 2. The Bertz CT molecular complexity index is 735. The van der Waals surface area contributed by atoms with E-state index in [0.717, 1.165) is 0 Å². The molecule has 0 aromatic carbocycles. The summed E-state index contributed by atoms with van der Waals surface area (Å²) in [5, 5.41) is 25.1. The molecule has 0 aromatic rings. The number of amides is 3. The van der Waals surface area contributed by atoms with Crippen LogP contribution in [0.25, 0.3) is 0 Å². The molecule has 0 saturated heterocycles.